The van der Waals surface area contributed by atoms with Crippen molar-refractivity contribution in [2.24, 2.45) is 5.92 Å². The number of aromatic nitrogens is 2. The summed E-state index contributed by atoms with van der Waals surface area (Å²) in [6.07, 6.45) is 7.58. The van der Waals surface area contributed by atoms with Gasteiger partial charge in [-0.05, 0) is 57.4 Å². The largest absolute Gasteiger partial charge is 0.492 e. The Bertz CT molecular complexity index is 944. The Morgan fingerprint density at radius 2 is 2.06 bits per heavy atom. The zero-order valence-electron chi connectivity index (χ0n) is 21.0. The zero-order chi connectivity index (χ0) is 23.9. The highest BCUT2D eigenvalue weighted by Crippen LogP contribution is 2.27. The number of benzene rings is 1. The zero-order valence-corrected chi connectivity index (χ0v) is 21.0. The normalized spacial score (nSPS) is 22.7. The van der Waals surface area contributed by atoms with Crippen LogP contribution in [0.2, 0.25) is 0 Å². The Kier molecular flexibility index (Phi) is 8.62. The van der Waals surface area contributed by atoms with Crippen LogP contribution in [-0.2, 0) is 17.8 Å². The summed E-state index contributed by atoms with van der Waals surface area (Å²) in [7, 11) is 1.81. The van der Waals surface area contributed by atoms with Crippen LogP contribution in [0.25, 0.3) is 0 Å². The first-order valence-electron chi connectivity index (χ1n) is 12.9. The molecule has 34 heavy (non-hydrogen) atoms. The predicted octanol–water partition coefficient (Wildman–Crippen LogP) is 4.14. The molecule has 1 saturated heterocycles. The second-order valence-corrected chi connectivity index (χ2v) is 9.70. The molecule has 7 heteroatoms. The molecule has 1 aromatic carbocycles. The third-order valence-electron chi connectivity index (χ3n) is 7.34. The van der Waals surface area contributed by atoms with Crippen LogP contribution in [-0.4, -0.2) is 71.5 Å². The van der Waals surface area contributed by atoms with E-state index in [0.717, 1.165) is 77.1 Å². The third-order valence-corrected chi connectivity index (χ3v) is 7.34. The van der Waals surface area contributed by atoms with Gasteiger partial charge in [0.1, 0.15) is 12.4 Å². The molecule has 4 bridgehead atoms. The van der Waals surface area contributed by atoms with Crippen molar-refractivity contribution in [3.63, 3.8) is 0 Å². The molecule has 1 aromatic heterocycles. The fourth-order valence-corrected chi connectivity index (χ4v) is 5.31. The van der Waals surface area contributed by atoms with Gasteiger partial charge < -0.3 is 14.4 Å². The molecule has 186 valence electrons. The number of aryl methyl sites for hydroxylation is 1. The fourth-order valence-electron chi connectivity index (χ4n) is 5.31. The number of amides is 1. The molecule has 2 aromatic rings. The van der Waals surface area contributed by atoms with Crippen LogP contribution in [0.5, 0.6) is 5.75 Å². The summed E-state index contributed by atoms with van der Waals surface area (Å²) in [6, 6.07) is 7.65. The van der Waals surface area contributed by atoms with E-state index >= 15 is 0 Å². The standard InChI is InChI=1S/C27H40N4O3/c1-4-12-31-21(2)24(18-28-31)19-29-13-6-5-8-23-20-30(14-11-26(23)33-3)27(32)22-9-7-10-25(17-22)34-16-15-29/h7,9-10,17-18,23,26H,4-6,8,11-16,19-20H2,1-3H3/t23-,26+/m0/s1. The van der Waals surface area contributed by atoms with Gasteiger partial charge in [-0.3, -0.25) is 14.4 Å². The molecule has 0 N–H and O–H groups in total. The minimum atomic E-state index is 0.0982. The minimum Gasteiger partial charge on any atom is -0.492 e. The van der Waals surface area contributed by atoms with Gasteiger partial charge in [-0.2, -0.15) is 5.10 Å². The quantitative estimate of drug-likeness (QED) is 0.660. The molecule has 1 fully saturated rings. The number of carbonyl (C=O) groups excluding carboxylic acids is 1. The van der Waals surface area contributed by atoms with Crippen molar-refractivity contribution in [3.05, 3.63) is 47.3 Å². The number of carbonyl (C=O) groups is 1. The van der Waals surface area contributed by atoms with Gasteiger partial charge in [0.05, 0.1) is 12.3 Å². The highest BCUT2D eigenvalue weighted by atomic mass is 16.5. The average molecular weight is 469 g/mol. The molecule has 3 heterocycles. The Balaban J connectivity index is 1.49. The number of hydrogen-bond acceptors (Lipinski definition) is 5. The van der Waals surface area contributed by atoms with Crippen molar-refractivity contribution < 1.29 is 14.3 Å². The monoisotopic (exact) mass is 468 g/mol. The van der Waals surface area contributed by atoms with Crippen LogP contribution in [0.3, 0.4) is 0 Å². The maximum Gasteiger partial charge on any atom is 0.254 e. The van der Waals surface area contributed by atoms with Gasteiger partial charge >= 0.3 is 0 Å². The van der Waals surface area contributed by atoms with E-state index < -0.39 is 0 Å². The van der Waals surface area contributed by atoms with E-state index in [-0.39, 0.29) is 12.0 Å². The van der Waals surface area contributed by atoms with E-state index in [4.69, 9.17) is 9.47 Å². The summed E-state index contributed by atoms with van der Waals surface area (Å²) in [5.74, 6) is 1.24. The Morgan fingerprint density at radius 3 is 2.88 bits per heavy atom. The first-order valence-corrected chi connectivity index (χ1v) is 12.9. The second kappa shape index (κ2) is 11.8. The maximum absolute atomic E-state index is 13.2. The van der Waals surface area contributed by atoms with Crippen molar-refractivity contribution in [1.82, 2.24) is 19.6 Å². The summed E-state index contributed by atoms with van der Waals surface area (Å²) in [4.78, 5) is 17.7. The van der Waals surface area contributed by atoms with E-state index in [1.54, 1.807) is 7.11 Å². The lowest BCUT2D eigenvalue weighted by atomic mass is 9.89. The summed E-state index contributed by atoms with van der Waals surface area (Å²) < 4.78 is 14.0. The van der Waals surface area contributed by atoms with Gasteiger partial charge in [-0.1, -0.05) is 19.4 Å². The molecule has 7 nitrogen and oxygen atoms in total. The average Bonchev–Trinajstić information content (AvgIpc) is 3.19. The van der Waals surface area contributed by atoms with E-state index in [2.05, 4.69) is 28.5 Å². The van der Waals surface area contributed by atoms with Crippen LogP contribution < -0.4 is 4.74 Å². The van der Waals surface area contributed by atoms with Crippen molar-refractivity contribution in [2.45, 2.75) is 65.1 Å². The highest BCUT2D eigenvalue weighted by molar-refractivity contribution is 5.94. The molecule has 1 amide bonds. The number of methoxy groups -OCH3 is 1. The highest BCUT2D eigenvalue weighted by Gasteiger charge is 2.31. The lowest BCUT2D eigenvalue weighted by Gasteiger charge is -2.38. The van der Waals surface area contributed by atoms with E-state index in [9.17, 15) is 4.79 Å². The fraction of sp³-hybridized carbons (Fsp3) is 0.630. The van der Waals surface area contributed by atoms with Gasteiger partial charge in [-0.15, -0.1) is 0 Å². The molecule has 0 radical (unpaired) electrons. The Labute approximate surface area is 204 Å². The molecular formula is C27H40N4O3. The number of ether oxygens (including phenoxy) is 2. The first kappa shape index (κ1) is 24.7. The number of piperidine rings is 1. The van der Waals surface area contributed by atoms with E-state index in [0.29, 0.717) is 18.1 Å². The lowest BCUT2D eigenvalue weighted by molar-refractivity contribution is -0.00676. The molecule has 0 spiro atoms. The SMILES string of the molecule is CCCn1ncc(CN2CCCC[C@H]3CN(CC[C@H]3OC)C(=O)c3cccc(c3)OCC2)c1C. The van der Waals surface area contributed by atoms with Gasteiger partial charge in [0.25, 0.3) is 5.91 Å². The molecule has 4 rings (SSSR count). The van der Waals surface area contributed by atoms with Crippen molar-refractivity contribution in [1.29, 1.82) is 0 Å². The molecule has 0 saturated carbocycles. The van der Waals surface area contributed by atoms with Crippen LogP contribution >= 0.6 is 0 Å². The Hall–Kier alpha value is -2.38. The summed E-state index contributed by atoms with van der Waals surface area (Å²) in [5, 5.41) is 4.59. The smallest absolute Gasteiger partial charge is 0.254 e. The second-order valence-electron chi connectivity index (χ2n) is 9.70. The lowest BCUT2D eigenvalue weighted by Crippen LogP contribution is -2.46. The molecule has 0 aliphatic carbocycles. The van der Waals surface area contributed by atoms with Crippen LogP contribution in [0.4, 0.5) is 0 Å². The van der Waals surface area contributed by atoms with E-state index in [1.165, 1.54) is 11.3 Å². The summed E-state index contributed by atoms with van der Waals surface area (Å²) in [6.45, 7) is 10.2. The minimum absolute atomic E-state index is 0.0982. The summed E-state index contributed by atoms with van der Waals surface area (Å²) >= 11 is 0. The maximum atomic E-state index is 13.2. The molecule has 2 aliphatic rings. The van der Waals surface area contributed by atoms with Crippen molar-refractivity contribution in [3.8, 4) is 5.75 Å². The topological polar surface area (TPSA) is 59.8 Å². The number of hydrogen-bond donors (Lipinski definition) is 0. The molecule has 2 aliphatic heterocycles. The Morgan fingerprint density at radius 1 is 1.18 bits per heavy atom. The molecule has 0 unspecified atom stereocenters. The van der Waals surface area contributed by atoms with E-state index in [1.807, 2.05) is 35.4 Å². The summed E-state index contributed by atoms with van der Waals surface area (Å²) in [5.41, 5.74) is 3.26. The van der Waals surface area contributed by atoms with Gasteiger partial charge in [0.2, 0.25) is 0 Å². The number of nitrogens with zero attached hydrogens (tertiary/aromatic N) is 4. The van der Waals surface area contributed by atoms with Crippen LogP contribution in [0.1, 0.15) is 60.6 Å². The van der Waals surface area contributed by atoms with Gasteiger partial charge in [0.15, 0.2) is 0 Å². The first-order chi connectivity index (χ1) is 16.6. The van der Waals surface area contributed by atoms with Crippen molar-refractivity contribution >= 4 is 5.91 Å². The van der Waals surface area contributed by atoms with Crippen LogP contribution in [0.15, 0.2) is 30.5 Å². The number of rotatable bonds is 5. The van der Waals surface area contributed by atoms with Crippen molar-refractivity contribution in [2.75, 3.05) is 39.9 Å². The predicted molar refractivity (Wildman–Crippen MR) is 133 cm³/mol. The number of fused-ring (bicyclic) bond motifs is 4. The van der Waals surface area contributed by atoms with Gasteiger partial charge in [0, 0.05) is 62.6 Å². The molecular weight excluding hydrogens is 428 g/mol. The van der Waals surface area contributed by atoms with Gasteiger partial charge in [-0.25, -0.2) is 0 Å². The third kappa shape index (κ3) is 5.99. The van der Waals surface area contributed by atoms with Crippen LogP contribution in [0, 0.1) is 12.8 Å². The molecule has 2 atom stereocenters.